The molecule has 0 saturated heterocycles. The Balaban J connectivity index is 1.33. The maximum Gasteiger partial charge on any atom is 0.323 e. The molecule has 4 rings (SSSR count). The van der Waals surface area contributed by atoms with Gasteiger partial charge in [0, 0.05) is 30.2 Å². The number of benzene rings is 2. The van der Waals surface area contributed by atoms with E-state index in [-0.39, 0.29) is 5.02 Å². The number of halogens is 2. The molecular formula is C23H23ClFN5O. The minimum absolute atomic E-state index is 0.130. The van der Waals surface area contributed by atoms with Crippen LogP contribution in [0.25, 0.3) is 11.1 Å². The smallest absolute Gasteiger partial charge is 0.323 e. The lowest BCUT2D eigenvalue weighted by atomic mass is 9.70. The molecular weight excluding hydrogens is 417 g/mol. The first-order valence-electron chi connectivity index (χ1n) is 10.1. The lowest BCUT2D eigenvalue weighted by molar-refractivity contribution is 0.179. The summed E-state index contributed by atoms with van der Waals surface area (Å²) in [6.45, 7) is 3.17. The Labute approximate surface area is 185 Å². The monoisotopic (exact) mass is 439 g/mol. The summed E-state index contributed by atoms with van der Waals surface area (Å²) in [5.74, 6) is 0.165. The van der Waals surface area contributed by atoms with Crippen LogP contribution >= 0.6 is 11.6 Å². The van der Waals surface area contributed by atoms with E-state index in [1.807, 2.05) is 12.1 Å². The van der Waals surface area contributed by atoms with E-state index in [0.717, 1.165) is 23.7 Å². The second kappa shape index (κ2) is 8.89. The van der Waals surface area contributed by atoms with Crippen molar-refractivity contribution in [2.24, 2.45) is 5.41 Å². The van der Waals surface area contributed by atoms with Crippen molar-refractivity contribution in [1.29, 1.82) is 0 Å². The van der Waals surface area contributed by atoms with Gasteiger partial charge in [-0.15, -0.1) is 0 Å². The predicted octanol–water partition coefficient (Wildman–Crippen LogP) is 6.18. The summed E-state index contributed by atoms with van der Waals surface area (Å²) in [6.07, 6.45) is 7.35. The normalized spacial score (nSPS) is 14.4. The predicted molar refractivity (Wildman–Crippen MR) is 122 cm³/mol. The van der Waals surface area contributed by atoms with Crippen LogP contribution in [-0.2, 0) is 0 Å². The number of rotatable bonds is 6. The van der Waals surface area contributed by atoms with Crippen LogP contribution in [0.4, 0.5) is 26.5 Å². The molecule has 6 nitrogen and oxygen atoms in total. The molecule has 1 saturated carbocycles. The van der Waals surface area contributed by atoms with Gasteiger partial charge >= 0.3 is 6.03 Å². The maximum atomic E-state index is 13.1. The SMILES string of the molecule is CC1(CNc2ncc(-c3ccc(NC(=O)Nc4ccc(F)cc4Cl)cc3)cn2)CCC1. The molecule has 1 aliphatic carbocycles. The molecule has 0 spiro atoms. The van der Waals surface area contributed by atoms with Crippen LogP contribution in [0.3, 0.4) is 0 Å². The van der Waals surface area contributed by atoms with Crippen LogP contribution in [0.2, 0.25) is 5.02 Å². The van der Waals surface area contributed by atoms with Crippen LogP contribution < -0.4 is 16.0 Å². The molecule has 2 aromatic carbocycles. The van der Waals surface area contributed by atoms with Crippen molar-refractivity contribution in [2.75, 3.05) is 22.5 Å². The Morgan fingerprint density at radius 1 is 1.06 bits per heavy atom. The summed E-state index contributed by atoms with van der Waals surface area (Å²) >= 11 is 5.93. The van der Waals surface area contributed by atoms with Crippen molar-refractivity contribution in [1.82, 2.24) is 9.97 Å². The topological polar surface area (TPSA) is 78.9 Å². The average molecular weight is 440 g/mol. The lowest BCUT2D eigenvalue weighted by Gasteiger charge is -2.38. The second-order valence-electron chi connectivity index (χ2n) is 8.09. The third-order valence-corrected chi connectivity index (χ3v) is 5.85. The fraction of sp³-hybridized carbons (Fsp3) is 0.261. The van der Waals surface area contributed by atoms with Crippen LogP contribution in [0.1, 0.15) is 26.2 Å². The second-order valence-corrected chi connectivity index (χ2v) is 8.50. The first kappa shape index (κ1) is 21.1. The molecule has 1 aromatic heterocycles. The summed E-state index contributed by atoms with van der Waals surface area (Å²) < 4.78 is 13.1. The van der Waals surface area contributed by atoms with Gasteiger partial charge in [-0.1, -0.05) is 37.1 Å². The highest BCUT2D eigenvalue weighted by Crippen LogP contribution is 2.40. The molecule has 0 bridgehead atoms. The first-order valence-corrected chi connectivity index (χ1v) is 10.5. The largest absolute Gasteiger partial charge is 0.354 e. The molecule has 1 heterocycles. The van der Waals surface area contributed by atoms with Gasteiger partial charge in [0.05, 0.1) is 10.7 Å². The number of nitrogens with one attached hydrogen (secondary N) is 3. The summed E-state index contributed by atoms with van der Waals surface area (Å²) in [4.78, 5) is 21.0. The third kappa shape index (κ3) is 5.30. The van der Waals surface area contributed by atoms with Gasteiger partial charge in [-0.3, -0.25) is 0 Å². The standard InChI is InChI=1S/C23H23ClFN5O/c1-23(9-2-10-23)14-28-21-26-12-16(13-27-21)15-3-6-18(7-4-15)29-22(31)30-20-8-5-17(25)11-19(20)24/h3-8,11-13H,2,9-10,14H2,1H3,(H,26,27,28)(H2,29,30,31). The highest BCUT2D eigenvalue weighted by Gasteiger charge is 2.31. The van der Waals surface area contributed by atoms with Gasteiger partial charge in [0.1, 0.15) is 5.82 Å². The van der Waals surface area contributed by atoms with E-state index in [2.05, 4.69) is 32.8 Å². The summed E-state index contributed by atoms with van der Waals surface area (Å²) in [6, 6.07) is 10.6. The van der Waals surface area contributed by atoms with Crippen LogP contribution in [0.5, 0.6) is 0 Å². The van der Waals surface area contributed by atoms with E-state index in [9.17, 15) is 9.18 Å². The quantitative estimate of drug-likeness (QED) is 0.428. The number of hydrogen-bond acceptors (Lipinski definition) is 4. The van der Waals surface area contributed by atoms with Crippen LogP contribution in [0.15, 0.2) is 54.9 Å². The number of anilines is 3. The number of urea groups is 1. The number of carbonyl (C=O) groups is 1. The Morgan fingerprint density at radius 2 is 1.77 bits per heavy atom. The van der Waals surface area contributed by atoms with E-state index in [0.29, 0.717) is 22.7 Å². The van der Waals surface area contributed by atoms with E-state index in [4.69, 9.17) is 11.6 Å². The molecule has 160 valence electrons. The van der Waals surface area contributed by atoms with Crippen LogP contribution in [-0.4, -0.2) is 22.5 Å². The number of amides is 2. The Morgan fingerprint density at radius 3 is 2.39 bits per heavy atom. The van der Waals surface area contributed by atoms with Crippen molar-refractivity contribution in [3.05, 3.63) is 65.7 Å². The molecule has 1 aliphatic rings. The molecule has 0 unspecified atom stereocenters. The molecule has 0 aliphatic heterocycles. The molecule has 1 fully saturated rings. The van der Waals surface area contributed by atoms with Gasteiger partial charge in [0.15, 0.2) is 0 Å². The highest BCUT2D eigenvalue weighted by molar-refractivity contribution is 6.33. The Kier molecular flexibility index (Phi) is 6.04. The summed E-state index contributed by atoms with van der Waals surface area (Å²) in [7, 11) is 0. The van der Waals surface area contributed by atoms with Gasteiger partial charge in [-0.2, -0.15) is 0 Å². The van der Waals surface area contributed by atoms with Gasteiger partial charge in [0.25, 0.3) is 0 Å². The van der Waals surface area contributed by atoms with E-state index < -0.39 is 11.8 Å². The van der Waals surface area contributed by atoms with E-state index in [1.54, 1.807) is 24.5 Å². The van der Waals surface area contributed by atoms with Crippen molar-refractivity contribution < 1.29 is 9.18 Å². The zero-order chi connectivity index (χ0) is 21.8. The lowest BCUT2D eigenvalue weighted by Crippen LogP contribution is -2.33. The van der Waals surface area contributed by atoms with Crippen molar-refractivity contribution in [3.8, 4) is 11.1 Å². The zero-order valence-corrected chi connectivity index (χ0v) is 17.8. The first-order chi connectivity index (χ1) is 14.9. The van der Waals surface area contributed by atoms with Crippen LogP contribution in [0, 0.1) is 11.2 Å². The summed E-state index contributed by atoms with van der Waals surface area (Å²) in [5, 5.41) is 8.76. The minimum atomic E-state index is -0.472. The molecule has 0 atom stereocenters. The summed E-state index contributed by atoms with van der Waals surface area (Å²) in [5.41, 5.74) is 3.11. The molecule has 0 radical (unpaired) electrons. The van der Waals surface area contributed by atoms with Gasteiger partial charge in [-0.05, 0) is 54.2 Å². The fourth-order valence-electron chi connectivity index (χ4n) is 3.44. The van der Waals surface area contributed by atoms with Crippen molar-refractivity contribution in [2.45, 2.75) is 26.2 Å². The van der Waals surface area contributed by atoms with Crippen molar-refractivity contribution >= 4 is 35.0 Å². The number of carbonyl (C=O) groups excluding carboxylic acids is 1. The average Bonchev–Trinajstić information content (AvgIpc) is 2.74. The number of hydrogen-bond donors (Lipinski definition) is 3. The number of nitrogens with zero attached hydrogens (tertiary/aromatic N) is 2. The Hall–Kier alpha value is -3.19. The molecule has 2 amide bonds. The van der Waals surface area contributed by atoms with Gasteiger partial charge < -0.3 is 16.0 Å². The number of aromatic nitrogens is 2. The highest BCUT2D eigenvalue weighted by atomic mass is 35.5. The fourth-order valence-corrected chi connectivity index (χ4v) is 3.65. The molecule has 31 heavy (non-hydrogen) atoms. The third-order valence-electron chi connectivity index (χ3n) is 5.54. The molecule has 3 N–H and O–H groups in total. The molecule has 8 heteroatoms. The molecule has 3 aromatic rings. The maximum absolute atomic E-state index is 13.1. The Bertz CT molecular complexity index is 1070. The van der Waals surface area contributed by atoms with E-state index in [1.165, 1.54) is 31.4 Å². The van der Waals surface area contributed by atoms with E-state index >= 15 is 0 Å². The van der Waals surface area contributed by atoms with Gasteiger partial charge in [-0.25, -0.2) is 19.2 Å². The zero-order valence-electron chi connectivity index (χ0n) is 17.1. The minimum Gasteiger partial charge on any atom is -0.354 e. The van der Waals surface area contributed by atoms with Crippen molar-refractivity contribution in [3.63, 3.8) is 0 Å². The van der Waals surface area contributed by atoms with Gasteiger partial charge in [0.2, 0.25) is 5.95 Å².